The summed E-state index contributed by atoms with van der Waals surface area (Å²) in [5.41, 5.74) is 4.97. The van der Waals surface area contributed by atoms with E-state index in [1.54, 1.807) is 6.20 Å². The number of hydrogen-bond donors (Lipinski definition) is 2. The molecule has 2 rings (SSSR count). The summed E-state index contributed by atoms with van der Waals surface area (Å²) in [6.07, 6.45) is 2.59. The van der Waals surface area contributed by atoms with Gasteiger partial charge in [0.15, 0.2) is 0 Å². The van der Waals surface area contributed by atoms with Crippen LogP contribution in [0.2, 0.25) is 0 Å². The van der Waals surface area contributed by atoms with Crippen LogP contribution in [-0.4, -0.2) is 4.98 Å². The number of nitrogens with zero attached hydrogens (tertiary/aromatic N) is 1. The number of rotatable bonds is 4. The van der Waals surface area contributed by atoms with Crippen LogP contribution in [0.25, 0.3) is 0 Å². The molecule has 1 aromatic heterocycles. The number of aromatic nitrogens is 1. The van der Waals surface area contributed by atoms with Gasteiger partial charge in [-0.25, -0.2) is 0 Å². The minimum absolute atomic E-state index is 0.00738. The van der Waals surface area contributed by atoms with Crippen LogP contribution < -0.4 is 11.3 Å². The number of nitrogens with two attached hydrogens (primary N) is 1. The van der Waals surface area contributed by atoms with Crippen LogP contribution in [0.15, 0.2) is 53.1 Å². The van der Waals surface area contributed by atoms with Gasteiger partial charge in [0.25, 0.3) is 0 Å². The molecular formula is C13H14BrN3. The highest BCUT2D eigenvalue weighted by molar-refractivity contribution is 9.10. The highest BCUT2D eigenvalue weighted by atomic mass is 79.9. The zero-order chi connectivity index (χ0) is 12.1. The Morgan fingerprint density at radius 2 is 1.94 bits per heavy atom. The molecule has 0 amide bonds. The van der Waals surface area contributed by atoms with Gasteiger partial charge in [0.05, 0.1) is 11.7 Å². The molecule has 0 bridgehead atoms. The van der Waals surface area contributed by atoms with E-state index in [1.807, 2.05) is 30.3 Å². The molecule has 1 atom stereocenters. The number of benzene rings is 1. The van der Waals surface area contributed by atoms with E-state index in [1.165, 1.54) is 5.56 Å². The van der Waals surface area contributed by atoms with Crippen molar-refractivity contribution < 1.29 is 0 Å². The molecule has 0 aliphatic rings. The van der Waals surface area contributed by atoms with Crippen LogP contribution in [0.3, 0.4) is 0 Å². The lowest BCUT2D eigenvalue weighted by atomic mass is 10.0. The van der Waals surface area contributed by atoms with Crippen molar-refractivity contribution in [3.05, 3.63) is 64.4 Å². The molecule has 1 heterocycles. The van der Waals surface area contributed by atoms with Gasteiger partial charge in [-0.15, -0.1) is 0 Å². The fourth-order valence-corrected chi connectivity index (χ4v) is 2.27. The molecular weight excluding hydrogens is 278 g/mol. The normalized spacial score (nSPS) is 12.4. The minimum Gasteiger partial charge on any atom is -0.271 e. The fraction of sp³-hybridized carbons (Fsp3) is 0.154. The number of hydrogen-bond acceptors (Lipinski definition) is 3. The van der Waals surface area contributed by atoms with Crippen molar-refractivity contribution >= 4 is 15.9 Å². The molecule has 17 heavy (non-hydrogen) atoms. The molecule has 1 aromatic carbocycles. The first-order chi connectivity index (χ1) is 8.31. The number of hydrazine groups is 1. The smallest absolute Gasteiger partial charge is 0.0731 e. The van der Waals surface area contributed by atoms with Crippen LogP contribution in [0.4, 0.5) is 0 Å². The van der Waals surface area contributed by atoms with Gasteiger partial charge in [-0.1, -0.05) is 30.3 Å². The molecule has 3 nitrogen and oxygen atoms in total. The fourth-order valence-electron chi connectivity index (χ4n) is 1.74. The number of halogens is 1. The molecule has 88 valence electrons. The quantitative estimate of drug-likeness (QED) is 0.672. The van der Waals surface area contributed by atoms with Crippen LogP contribution in [0.5, 0.6) is 0 Å². The first kappa shape index (κ1) is 12.2. The third kappa shape index (κ3) is 3.12. The maximum absolute atomic E-state index is 5.61. The highest BCUT2D eigenvalue weighted by Gasteiger charge is 2.14. The third-order valence-electron chi connectivity index (χ3n) is 2.60. The number of nitrogens with one attached hydrogen (secondary N) is 1. The molecule has 0 saturated carbocycles. The Balaban J connectivity index is 2.21. The SMILES string of the molecule is NNC(Cc1ccccc1)c1ncccc1Br. The van der Waals surface area contributed by atoms with Gasteiger partial charge in [0, 0.05) is 10.7 Å². The molecule has 0 aliphatic carbocycles. The van der Waals surface area contributed by atoms with Crippen molar-refractivity contribution in [1.82, 2.24) is 10.4 Å². The summed E-state index contributed by atoms with van der Waals surface area (Å²) in [5.74, 6) is 5.61. The standard InChI is InChI=1S/C13H14BrN3/c14-11-7-4-8-16-13(11)12(17-15)9-10-5-2-1-3-6-10/h1-8,12,17H,9,15H2. The molecule has 1 unspecified atom stereocenters. The van der Waals surface area contributed by atoms with Gasteiger partial charge in [0.2, 0.25) is 0 Å². The summed E-state index contributed by atoms with van der Waals surface area (Å²) in [7, 11) is 0. The van der Waals surface area contributed by atoms with Crippen LogP contribution in [0, 0.1) is 0 Å². The van der Waals surface area contributed by atoms with Crippen LogP contribution in [-0.2, 0) is 6.42 Å². The van der Waals surface area contributed by atoms with E-state index >= 15 is 0 Å². The average molecular weight is 292 g/mol. The van der Waals surface area contributed by atoms with E-state index in [0.29, 0.717) is 0 Å². The lowest BCUT2D eigenvalue weighted by Gasteiger charge is -2.16. The second-order valence-electron chi connectivity index (χ2n) is 3.78. The Labute approximate surface area is 109 Å². The summed E-state index contributed by atoms with van der Waals surface area (Å²) in [6, 6.07) is 14.1. The van der Waals surface area contributed by atoms with Gasteiger partial charge in [-0.3, -0.25) is 16.3 Å². The molecule has 0 fully saturated rings. The van der Waals surface area contributed by atoms with Gasteiger partial charge < -0.3 is 0 Å². The number of pyridine rings is 1. The van der Waals surface area contributed by atoms with Crippen LogP contribution >= 0.6 is 15.9 Å². The van der Waals surface area contributed by atoms with Crippen molar-refractivity contribution in [2.75, 3.05) is 0 Å². The van der Waals surface area contributed by atoms with E-state index in [4.69, 9.17) is 5.84 Å². The van der Waals surface area contributed by atoms with E-state index in [2.05, 4.69) is 38.5 Å². The lowest BCUT2D eigenvalue weighted by molar-refractivity contribution is 0.536. The van der Waals surface area contributed by atoms with Crippen molar-refractivity contribution in [3.63, 3.8) is 0 Å². The predicted octanol–water partition coefficient (Wildman–Crippen LogP) is 2.59. The molecule has 0 aliphatic heterocycles. The maximum atomic E-state index is 5.61. The largest absolute Gasteiger partial charge is 0.271 e. The molecule has 0 spiro atoms. The van der Waals surface area contributed by atoms with Crippen molar-refractivity contribution in [2.24, 2.45) is 5.84 Å². The molecule has 0 radical (unpaired) electrons. The Kier molecular flexibility index (Phi) is 4.25. The van der Waals surface area contributed by atoms with E-state index in [9.17, 15) is 0 Å². The predicted molar refractivity (Wildman–Crippen MR) is 72.1 cm³/mol. The summed E-state index contributed by atoms with van der Waals surface area (Å²) in [4.78, 5) is 4.36. The van der Waals surface area contributed by atoms with Gasteiger partial charge in [0.1, 0.15) is 0 Å². The molecule has 0 saturated heterocycles. The van der Waals surface area contributed by atoms with Crippen molar-refractivity contribution in [1.29, 1.82) is 0 Å². The second kappa shape index (κ2) is 5.91. The van der Waals surface area contributed by atoms with E-state index in [-0.39, 0.29) is 6.04 Å². The summed E-state index contributed by atoms with van der Waals surface area (Å²) < 4.78 is 0.971. The van der Waals surface area contributed by atoms with E-state index < -0.39 is 0 Å². The monoisotopic (exact) mass is 291 g/mol. The van der Waals surface area contributed by atoms with Crippen LogP contribution in [0.1, 0.15) is 17.3 Å². The summed E-state index contributed by atoms with van der Waals surface area (Å²) in [6.45, 7) is 0. The molecule has 2 aromatic rings. The zero-order valence-corrected chi connectivity index (χ0v) is 10.9. The Bertz CT molecular complexity index is 473. The minimum atomic E-state index is 0.00738. The summed E-state index contributed by atoms with van der Waals surface area (Å²) >= 11 is 3.49. The van der Waals surface area contributed by atoms with Crippen molar-refractivity contribution in [3.8, 4) is 0 Å². The van der Waals surface area contributed by atoms with Gasteiger partial charge in [-0.2, -0.15) is 0 Å². The first-order valence-corrected chi connectivity index (χ1v) is 6.21. The molecule has 4 heteroatoms. The average Bonchev–Trinajstić information content (AvgIpc) is 2.38. The third-order valence-corrected chi connectivity index (χ3v) is 3.27. The Morgan fingerprint density at radius 1 is 1.18 bits per heavy atom. The zero-order valence-electron chi connectivity index (χ0n) is 9.31. The van der Waals surface area contributed by atoms with Gasteiger partial charge in [-0.05, 0) is 40.0 Å². The van der Waals surface area contributed by atoms with Gasteiger partial charge >= 0.3 is 0 Å². The topological polar surface area (TPSA) is 50.9 Å². The van der Waals surface area contributed by atoms with E-state index in [0.717, 1.165) is 16.6 Å². The second-order valence-corrected chi connectivity index (χ2v) is 4.63. The Hall–Kier alpha value is -1.23. The lowest BCUT2D eigenvalue weighted by Crippen LogP contribution is -2.30. The maximum Gasteiger partial charge on any atom is 0.0731 e. The summed E-state index contributed by atoms with van der Waals surface area (Å²) in [5, 5.41) is 0. The highest BCUT2D eigenvalue weighted by Crippen LogP contribution is 2.23. The first-order valence-electron chi connectivity index (χ1n) is 5.41. The van der Waals surface area contributed by atoms with Crippen molar-refractivity contribution in [2.45, 2.75) is 12.5 Å². The molecule has 3 N–H and O–H groups in total. The Morgan fingerprint density at radius 3 is 2.59 bits per heavy atom.